The van der Waals surface area contributed by atoms with Crippen molar-refractivity contribution in [1.82, 2.24) is 40.8 Å². The number of carbonyl (C=O) groups is 4. The van der Waals surface area contributed by atoms with E-state index in [1.54, 1.807) is 122 Å². The van der Waals surface area contributed by atoms with Crippen LogP contribution in [0.25, 0.3) is 11.4 Å². The van der Waals surface area contributed by atoms with Gasteiger partial charge < -0.3 is 20.4 Å². The first-order valence-corrected chi connectivity index (χ1v) is 56.5. The Morgan fingerprint density at radius 2 is 0.911 bits per heavy atom. The van der Waals surface area contributed by atoms with Gasteiger partial charge in [0.15, 0.2) is 6.33 Å². The summed E-state index contributed by atoms with van der Waals surface area (Å²) in [6.07, 6.45) is 11.1. The number of nitrogens with one attached hydrogen (secondary N) is 2. The number of nitrogens with zero attached hydrogens (tertiary/aromatic N) is 8. The molecule has 12 rings (SSSR count). The summed E-state index contributed by atoms with van der Waals surface area (Å²) in [5.41, 5.74) is 5.38. The molecule has 3 aliphatic heterocycles. The van der Waals surface area contributed by atoms with E-state index < -0.39 is 34.0 Å². The summed E-state index contributed by atoms with van der Waals surface area (Å²) < 4.78 is 58.8. The van der Waals surface area contributed by atoms with Crippen molar-refractivity contribution in [2.75, 3.05) is 26.2 Å². The van der Waals surface area contributed by atoms with Crippen LogP contribution in [-0.4, -0.2) is 104 Å². The SMILES string of the molecule is Cc1ccc(CNC(=O)CC23C=NN=C(c4ccc(CC(=O)N5CCCC5)cc4)C2C32CCCC2(F)F)cc1.Cc1ccc(CNC(=O)CC2=CC23CCCC3(F)F)cc1.O=C(Cc1ccc(-c2nncnn2)cc1)N1CCCC1.S=S=S=S=S=S=S=S=S=S.S=S=S=S=S=S=S=S=S=S=S. The topological polar surface area (TPSA) is 175 Å². The Kier molecular flexibility index (Phi) is 35.3. The Hall–Kier alpha value is -2.88. The lowest BCUT2D eigenvalue weighted by Gasteiger charge is -2.24. The molecule has 0 bridgehead atoms. The van der Waals surface area contributed by atoms with Crippen molar-refractivity contribution < 1.29 is 36.7 Å². The van der Waals surface area contributed by atoms with E-state index in [1.807, 2.05) is 121 Å². The molecule has 7 aliphatic rings. The number of amides is 4. The highest BCUT2D eigenvalue weighted by atomic mass is 33.4. The molecule has 39 heteroatoms. The fourth-order valence-electron chi connectivity index (χ4n) is 13.0. The maximum Gasteiger partial charge on any atom is 0.260 e. The van der Waals surface area contributed by atoms with Crippen molar-refractivity contribution in [3.8, 4) is 11.4 Å². The van der Waals surface area contributed by atoms with Crippen molar-refractivity contribution in [2.24, 2.45) is 32.4 Å². The average Bonchev–Trinajstić information content (AvgIpc) is 1.46. The normalized spacial score (nSPS) is 20.6. The van der Waals surface area contributed by atoms with Crippen LogP contribution in [0.4, 0.5) is 17.6 Å². The standard InChI is InChI=1S/C31H34F2N4O2.C17H19F2NO.C14H15N5O.S11.S10/c1-21-5-7-23(8-6-21)19-34-25(38)18-29-20-35-36-27(28(29)30(29)13-4-14-31(30,32)33)24-11-9-22(10-12-24)17-26(39)37-15-2-3-16-37;1-12-3-5-13(6-4-12)11-20-15(21)9-14-10-16(14)7-2-8-17(16,18)19;20-13(19-7-1-2-8-19)9-11-3-5-12(6-4-11)14-17-15-10-16-18-14;1-3-5-7-9-11-10-8-6-4-2;1-3-5-7-9-10-8-6-4-2/h5-12,20,28H,2-4,13-19H2,1H3,(H,34,38);3-6,10H,2,7-9,11H2,1H3,(H,20,21);3-6,10H,1-2,7-9H2;;. The number of fused-ring (bicyclic) bond motifs is 3. The number of aromatic nitrogens is 4. The largest absolute Gasteiger partial charge is 0.352 e. The van der Waals surface area contributed by atoms with E-state index in [-0.39, 0.29) is 49.3 Å². The molecule has 4 aromatic carbocycles. The molecule has 101 heavy (non-hydrogen) atoms. The lowest BCUT2D eigenvalue weighted by Crippen LogP contribution is -2.34. The first-order chi connectivity index (χ1) is 48.8. The summed E-state index contributed by atoms with van der Waals surface area (Å²) >= 11 is 18.7. The smallest absolute Gasteiger partial charge is 0.260 e. The molecular formula is C62H68F4N10O4S21. The third-order valence-electron chi connectivity index (χ3n) is 17.8. The molecule has 5 aromatic rings. The highest BCUT2D eigenvalue weighted by Gasteiger charge is 2.87. The van der Waals surface area contributed by atoms with Crippen LogP contribution in [0, 0.1) is 36.0 Å². The molecule has 544 valence electrons. The number of halogens is 4. The van der Waals surface area contributed by atoms with Crippen molar-refractivity contribution in [2.45, 2.75) is 129 Å². The van der Waals surface area contributed by atoms with E-state index >= 15 is 8.78 Å². The van der Waals surface area contributed by atoms with Gasteiger partial charge in [-0.05, 0) is 98.6 Å². The third kappa shape index (κ3) is 24.3. The lowest BCUT2D eigenvalue weighted by atomic mass is 9.86. The summed E-state index contributed by atoms with van der Waals surface area (Å²) in [5.74, 6) is -5.78. The Labute approximate surface area is 653 Å². The van der Waals surface area contributed by atoms with Crippen LogP contribution in [0.3, 0.4) is 0 Å². The summed E-state index contributed by atoms with van der Waals surface area (Å²) in [5, 5.41) is 29.5. The molecule has 14 nitrogen and oxygen atoms in total. The minimum Gasteiger partial charge on any atom is -0.352 e. The molecule has 5 fully saturated rings. The van der Waals surface area contributed by atoms with Gasteiger partial charge in [-0.2, -0.15) is 10.2 Å². The van der Waals surface area contributed by atoms with E-state index in [4.69, 9.17) is 0 Å². The molecule has 4 unspecified atom stereocenters. The van der Waals surface area contributed by atoms with Crippen LogP contribution < -0.4 is 10.6 Å². The minimum atomic E-state index is -2.91. The molecular weight excluding hydrogens is 1700 g/mol. The van der Waals surface area contributed by atoms with Crippen molar-refractivity contribution in [3.63, 3.8) is 0 Å². The number of hydrogen-bond donors (Lipinski definition) is 2. The number of carbonyl (C=O) groups excluding carboxylic acids is 4. The summed E-state index contributed by atoms with van der Waals surface area (Å²) in [6, 6.07) is 30.9. The van der Waals surface area contributed by atoms with Crippen LogP contribution in [0.2, 0.25) is 0 Å². The highest BCUT2D eigenvalue weighted by Crippen LogP contribution is 2.82. The minimum absolute atomic E-state index is 0.0515. The third-order valence-corrected chi connectivity index (χ3v) is 51.1. The van der Waals surface area contributed by atoms with Gasteiger partial charge in [0.25, 0.3) is 11.8 Å². The van der Waals surface area contributed by atoms with Crippen LogP contribution in [0.5, 0.6) is 0 Å². The number of allylic oxidation sites excluding steroid dienone is 1. The van der Waals surface area contributed by atoms with Gasteiger partial charge in [0.2, 0.25) is 29.5 Å². The number of alkyl halides is 4. The molecule has 4 amide bonds. The van der Waals surface area contributed by atoms with Gasteiger partial charge in [0.1, 0.15) is 0 Å². The van der Waals surface area contributed by atoms with Crippen LogP contribution >= 0.6 is 0 Å². The van der Waals surface area contributed by atoms with Gasteiger partial charge in [0.05, 0.1) is 29.4 Å². The predicted octanol–water partition coefficient (Wildman–Crippen LogP) is 9.87. The van der Waals surface area contributed by atoms with Crippen LogP contribution in [0.15, 0.2) is 125 Å². The predicted molar refractivity (Wildman–Crippen MR) is 450 cm³/mol. The Morgan fingerprint density at radius 1 is 0.495 bits per heavy atom. The van der Waals surface area contributed by atoms with Gasteiger partial charge in [-0.1, -0.05) is 114 Å². The van der Waals surface area contributed by atoms with E-state index in [2.05, 4.69) is 86.0 Å². The molecule has 1 aromatic heterocycles. The molecule has 4 atom stereocenters. The number of rotatable bonds is 14. The molecule has 0 radical (unpaired) electrons. The van der Waals surface area contributed by atoms with Gasteiger partial charge in [-0.25, -0.2) is 17.6 Å². The second-order valence-electron chi connectivity index (χ2n) is 23.8. The number of hydrogen-bond acceptors (Lipinski definition) is 14. The van der Waals surface area contributed by atoms with E-state index in [0.717, 1.165) is 90.8 Å². The van der Waals surface area contributed by atoms with Crippen LogP contribution in [0.1, 0.15) is 116 Å². The average molecular weight is 1770 g/mol. The molecule has 3 saturated carbocycles. The number of likely N-dealkylation sites (tertiary alicyclic amines) is 2. The van der Waals surface area contributed by atoms with E-state index in [9.17, 15) is 28.0 Å². The Balaban J connectivity index is 0.000000177. The monoisotopic (exact) mass is 1760 g/mol. The van der Waals surface area contributed by atoms with Gasteiger partial charge in [0, 0.05) is 284 Å². The van der Waals surface area contributed by atoms with Gasteiger partial charge in [-0.15, -0.1) is 20.4 Å². The fourth-order valence-corrected chi connectivity index (χ4v) is 48.6. The Bertz CT molecular complexity index is 4640. The van der Waals surface area contributed by atoms with Crippen molar-refractivity contribution in [1.29, 1.82) is 0 Å². The zero-order valence-corrected chi connectivity index (χ0v) is 71.1. The van der Waals surface area contributed by atoms with E-state index in [0.29, 0.717) is 68.7 Å². The molecule has 4 heterocycles. The van der Waals surface area contributed by atoms with Gasteiger partial charge in [-0.3, -0.25) is 19.2 Å². The maximum absolute atomic E-state index is 15.6. The molecule has 2 spiro atoms. The first kappa shape index (κ1) is 83.8. The van der Waals surface area contributed by atoms with E-state index in [1.165, 1.54) is 53.6 Å². The second-order valence-corrected chi connectivity index (χ2v) is 53.8. The zero-order chi connectivity index (χ0) is 72.1. The number of aryl methyl sites for hydroxylation is 2. The van der Waals surface area contributed by atoms with Crippen molar-refractivity contribution >= 4 is 231 Å². The quantitative estimate of drug-likeness (QED) is 0.0797. The molecule has 4 aliphatic carbocycles. The second kappa shape index (κ2) is 42.6. The van der Waals surface area contributed by atoms with Crippen LogP contribution in [-0.2, 0) is 241 Å². The van der Waals surface area contributed by atoms with Gasteiger partial charge >= 0.3 is 0 Å². The highest BCUT2D eigenvalue weighted by molar-refractivity contribution is 8.74. The number of benzene rings is 4. The summed E-state index contributed by atoms with van der Waals surface area (Å²) in [4.78, 5) is 53.5. The zero-order valence-electron chi connectivity index (χ0n) is 54.0. The fraction of sp³-hybridized carbons (Fsp3) is 0.452. The Morgan fingerprint density at radius 3 is 1.34 bits per heavy atom. The lowest BCUT2D eigenvalue weighted by molar-refractivity contribution is -0.130. The molecule has 2 N–H and O–H groups in total. The molecule has 2 saturated heterocycles. The summed E-state index contributed by atoms with van der Waals surface area (Å²) in [6.45, 7) is 8.20. The van der Waals surface area contributed by atoms with Crippen molar-refractivity contribution in [3.05, 3.63) is 154 Å². The maximum atomic E-state index is 15.6. The summed E-state index contributed by atoms with van der Waals surface area (Å²) in [7, 11) is 27.2. The first-order valence-electron chi connectivity index (χ1n) is 31.2.